The fourth-order valence-corrected chi connectivity index (χ4v) is 1.78. The highest BCUT2D eigenvalue weighted by molar-refractivity contribution is 5.88. The lowest BCUT2D eigenvalue weighted by molar-refractivity contribution is 0.414. The second-order valence-electron chi connectivity index (χ2n) is 4.07. The van der Waals surface area contributed by atoms with E-state index in [9.17, 15) is 5.11 Å². The number of hydrogen-bond donors (Lipinski definition) is 2. The topological polar surface area (TPSA) is 39.3 Å². The smallest absolute Gasteiger partial charge is 0.125 e. The van der Waals surface area contributed by atoms with E-state index >= 15 is 0 Å². The van der Waals surface area contributed by atoms with Crippen molar-refractivity contribution >= 4 is 10.9 Å². The molecule has 1 heterocycles. The fourth-order valence-electron chi connectivity index (χ4n) is 1.78. The van der Waals surface area contributed by atoms with Gasteiger partial charge in [0.2, 0.25) is 0 Å². The normalized spacial score (nSPS) is 10.4. The van der Waals surface area contributed by atoms with Gasteiger partial charge in [0.05, 0.1) is 0 Å². The number of nitrogens with one attached hydrogen (secondary N) is 1. The van der Waals surface area contributed by atoms with E-state index in [0.29, 0.717) is 5.75 Å². The van der Waals surface area contributed by atoms with Crippen LogP contribution < -0.4 is 0 Å². The number of benzene rings is 1. The number of aromatic nitrogens is 1. The molecule has 2 aromatic rings. The third-order valence-electron chi connectivity index (χ3n) is 2.59. The summed E-state index contributed by atoms with van der Waals surface area (Å²) in [5.41, 5.74) is 2.18. The molecule has 17 heavy (non-hydrogen) atoms. The zero-order valence-electron chi connectivity index (χ0n) is 11.1. The van der Waals surface area contributed by atoms with E-state index in [1.165, 1.54) is 5.56 Å². The molecule has 3 heteroatoms. The van der Waals surface area contributed by atoms with Gasteiger partial charge in [0, 0.05) is 23.6 Å². The van der Waals surface area contributed by atoms with Crippen LogP contribution >= 0.6 is 0 Å². The first kappa shape index (κ1) is 13.6. The molecule has 1 aromatic heterocycles. The Bertz CT molecular complexity index is 460. The predicted molar refractivity (Wildman–Crippen MR) is 73.6 cm³/mol. The lowest BCUT2D eigenvalue weighted by Crippen LogP contribution is -2.14. The highest BCUT2D eigenvalue weighted by Crippen LogP contribution is 2.27. The largest absolute Gasteiger partial charge is 0.507 e. The number of fused-ring (bicyclic) bond motifs is 1. The minimum absolute atomic E-state index is 0.363. The average Bonchev–Trinajstić information content (AvgIpc) is 2.74. The molecule has 0 saturated carbocycles. The average molecular weight is 234 g/mol. The zero-order chi connectivity index (χ0) is 12.8. The van der Waals surface area contributed by atoms with Gasteiger partial charge >= 0.3 is 0 Å². The molecule has 3 nitrogen and oxygen atoms in total. The fraction of sp³-hybridized carbons (Fsp3) is 0.429. The van der Waals surface area contributed by atoms with E-state index in [4.69, 9.17) is 0 Å². The summed E-state index contributed by atoms with van der Waals surface area (Å²) in [6.07, 6.45) is 2.93. The van der Waals surface area contributed by atoms with Gasteiger partial charge in [-0.3, -0.25) is 0 Å². The molecule has 0 saturated heterocycles. The molecule has 0 amide bonds. The Kier molecular flexibility index (Phi) is 5.04. The summed E-state index contributed by atoms with van der Waals surface area (Å²) >= 11 is 0. The second kappa shape index (κ2) is 6.30. The van der Waals surface area contributed by atoms with Crippen molar-refractivity contribution in [3.05, 3.63) is 30.0 Å². The molecule has 0 aliphatic carbocycles. The standard InChI is InChI=1S/C12H16N2O.C2H6/c1-14(2)7-6-9-8-13-10-4-3-5-11(15)12(9)10;1-2/h3-5,8,13,15H,6-7H2,1-2H3;1-2H3. The van der Waals surface area contributed by atoms with Gasteiger partial charge in [-0.1, -0.05) is 19.9 Å². The molecular weight excluding hydrogens is 212 g/mol. The number of rotatable bonds is 3. The molecule has 0 aliphatic rings. The van der Waals surface area contributed by atoms with Crippen molar-refractivity contribution in [2.75, 3.05) is 20.6 Å². The number of H-pyrrole nitrogens is 1. The molecule has 0 unspecified atom stereocenters. The number of phenols is 1. The number of likely N-dealkylation sites (N-methyl/N-ethyl adjacent to an activating group) is 1. The van der Waals surface area contributed by atoms with Crippen LogP contribution in [0.25, 0.3) is 10.9 Å². The molecule has 0 atom stereocenters. The van der Waals surface area contributed by atoms with Gasteiger partial charge in [0.15, 0.2) is 0 Å². The van der Waals surface area contributed by atoms with Gasteiger partial charge in [-0.05, 0) is 38.2 Å². The molecule has 0 spiro atoms. The number of hydrogen-bond acceptors (Lipinski definition) is 2. The van der Waals surface area contributed by atoms with Gasteiger partial charge in [0.25, 0.3) is 0 Å². The van der Waals surface area contributed by atoms with Gasteiger partial charge in [-0.2, -0.15) is 0 Å². The van der Waals surface area contributed by atoms with Crippen molar-refractivity contribution < 1.29 is 5.11 Å². The van der Waals surface area contributed by atoms with Crippen molar-refractivity contribution in [3.8, 4) is 5.75 Å². The van der Waals surface area contributed by atoms with E-state index in [2.05, 4.69) is 24.0 Å². The van der Waals surface area contributed by atoms with Crippen molar-refractivity contribution in [3.63, 3.8) is 0 Å². The SMILES string of the molecule is CC.CN(C)CCc1c[nH]c2cccc(O)c12. The zero-order valence-corrected chi connectivity index (χ0v) is 11.1. The van der Waals surface area contributed by atoms with Crippen LogP contribution in [0.3, 0.4) is 0 Å². The van der Waals surface area contributed by atoms with E-state index in [1.807, 2.05) is 32.2 Å². The Hall–Kier alpha value is -1.48. The first-order valence-electron chi connectivity index (χ1n) is 6.11. The van der Waals surface area contributed by atoms with Gasteiger partial charge in [-0.15, -0.1) is 0 Å². The maximum absolute atomic E-state index is 9.77. The van der Waals surface area contributed by atoms with Crippen LogP contribution in [0.2, 0.25) is 0 Å². The van der Waals surface area contributed by atoms with Gasteiger partial charge < -0.3 is 15.0 Å². The summed E-state index contributed by atoms with van der Waals surface area (Å²) in [5.74, 6) is 0.363. The third kappa shape index (κ3) is 3.24. The van der Waals surface area contributed by atoms with Crippen LogP contribution in [-0.2, 0) is 6.42 Å². The number of phenolic OH excluding ortho intramolecular Hbond substituents is 1. The van der Waals surface area contributed by atoms with Crippen LogP contribution in [-0.4, -0.2) is 35.6 Å². The predicted octanol–water partition coefficient (Wildman–Crippen LogP) is 3.00. The Morgan fingerprint density at radius 1 is 1.24 bits per heavy atom. The summed E-state index contributed by atoms with van der Waals surface area (Å²) in [6, 6.07) is 5.56. The number of nitrogens with zero attached hydrogens (tertiary/aromatic N) is 1. The van der Waals surface area contributed by atoms with Crippen LogP contribution in [0.15, 0.2) is 24.4 Å². The number of aromatic hydroxyl groups is 1. The molecule has 1 aromatic carbocycles. The van der Waals surface area contributed by atoms with Crippen LogP contribution in [0.4, 0.5) is 0 Å². The molecular formula is C14H22N2O. The Morgan fingerprint density at radius 3 is 2.59 bits per heavy atom. The lowest BCUT2D eigenvalue weighted by atomic mass is 10.1. The first-order valence-corrected chi connectivity index (χ1v) is 6.11. The summed E-state index contributed by atoms with van der Waals surface area (Å²) in [7, 11) is 4.10. The third-order valence-corrected chi connectivity index (χ3v) is 2.59. The minimum atomic E-state index is 0.363. The van der Waals surface area contributed by atoms with E-state index < -0.39 is 0 Å². The maximum atomic E-state index is 9.77. The molecule has 0 fully saturated rings. The Balaban J connectivity index is 0.000000686. The first-order chi connectivity index (χ1) is 8.18. The highest BCUT2D eigenvalue weighted by atomic mass is 16.3. The van der Waals surface area contributed by atoms with Crippen molar-refractivity contribution in [2.24, 2.45) is 0 Å². The van der Waals surface area contributed by atoms with Crippen molar-refractivity contribution in [1.82, 2.24) is 9.88 Å². The minimum Gasteiger partial charge on any atom is -0.507 e. The van der Waals surface area contributed by atoms with Crippen LogP contribution in [0.1, 0.15) is 19.4 Å². The molecule has 0 aliphatic heterocycles. The van der Waals surface area contributed by atoms with Gasteiger partial charge in [0.1, 0.15) is 5.75 Å². The molecule has 2 N–H and O–H groups in total. The Labute approximate surface area is 103 Å². The van der Waals surface area contributed by atoms with E-state index in [0.717, 1.165) is 23.9 Å². The highest BCUT2D eigenvalue weighted by Gasteiger charge is 2.07. The summed E-state index contributed by atoms with van der Waals surface area (Å²) in [6.45, 7) is 4.99. The molecule has 94 valence electrons. The van der Waals surface area contributed by atoms with Crippen LogP contribution in [0.5, 0.6) is 5.75 Å². The second-order valence-corrected chi connectivity index (χ2v) is 4.07. The van der Waals surface area contributed by atoms with E-state index in [1.54, 1.807) is 6.07 Å². The van der Waals surface area contributed by atoms with Crippen molar-refractivity contribution in [1.29, 1.82) is 0 Å². The summed E-state index contributed by atoms with van der Waals surface area (Å²) in [4.78, 5) is 5.31. The quantitative estimate of drug-likeness (QED) is 0.857. The summed E-state index contributed by atoms with van der Waals surface area (Å²) in [5, 5.41) is 10.7. The van der Waals surface area contributed by atoms with Crippen molar-refractivity contribution in [2.45, 2.75) is 20.3 Å². The van der Waals surface area contributed by atoms with Crippen LogP contribution in [0, 0.1) is 0 Å². The maximum Gasteiger partial charge on any atom is 0.125 e. The molecule has 0 bridgehead atoms. The number of aromatic amines is 1. The van der Waals surface area contributed by atoms with Gasteiger partial charge in [-0.25, -0.2) is 0 Å². The Morgan fingerprint density at radius 2 is 1.94 bits per heavy atom. The molecule has 0 radical (unpaired) electrons. The summed E-state index contributed by atoms with van der Waals surface area (Å²) < 4.78 is 0. The monoisotopic (exact) mass is 234 g/mol. The molecule has 2 rings (SSSR count). The van der Waals surface area contributed by atoms with E-state index in [-0.39, 0.29) is 0 Å². The lowest BCUT2D eigenvalue weighted by Gasteiger charge is -2.08.